The van der Waals surface area contributed by atoms with Crippen molar-refractivity contribution in [2.24, 2.45) is 0 Å². The van der Waals surface area contributed by atoms with Gasteiger partial charge in [0.1, 0.15) is 5.82 Å². The lowest BCUT2D eigenvalue weighted by Crippen LogP contribution is -2.10. The number of fused-ring (bicyclic) bond motifs is 1. The molecule has 0 saturated heterocycles. The molecule has 1 aromatic heterocycles. The second-order valence-corrected chi connectivity index (χ2v) is 8.51. The van der Waals surface area contributed by atoms with Crippen molar-refractivity contribution in [1.29, 1.82) is 0 Å². The summed E-state index contributed by atoms with van der Waals surface area (Å²) < 4.78 is 37.9. The van der Waals surface area contributed by atoms with Crippen molar-refractivity contribution >= 4 is 42.9 Å². The second-order valence-electron chi connectivity index (χ2n) is 5.14. The van der Waals surface area contributed by atoms with E-state index in [2.05, 4.69) is 5.32 Å². The smallest absolute Gasteiger partial charge is 0.265 e. The number of benzene rings is 2. The molecule has 124 valence electrons. The molecule has 0 aliphatic carbocycles. The van der Waals surface area contributed by atoms with E-state index in [0.717, 1.165) is 0 Å². The lowest BCUT2D eigenvalue weighted by molar-refractivity contribution is 0.103. The van der Waals surface area contributed by atoms with Crippen LogP contribution in [0.25, 0.3) is 10.1 Å². The van der Waals surface area contributed by atoms with Crippen molar-refractivity contribution in [1.82, 2.24) is 0 Å². The third kappa shape index (κ3) is 3.18. The summed E-state index contributed by atoms with van der Waals surface area (Å²) in [5.74, 6) is -0.704. The Bertz CT molecular complexity index is 1010. The number of carbonyl (C=O) groups is 1. The zero-order valence-electron chi connectivity index (χ0n) is 12.7. The Kier molecular flexibility index (Phi) is 4.38. The number of sulfone groups is 1. The fourth-order valence-corrected chi connectivity index (χ4v) is 4.10. The molecule has 0 spiro atoms. The van der Waals surface area contributed by atoms with Crippen LogP contribution in [0.1, 0.15) is 16.6 Å². The minimum Gasteiger partial charge on any atom is -0.321 e. The summed E-state index contributed by atoms with van der Waals surface area (Å²) in [5.41, 5.74) is 0.480. The number of hydrogen-bond acceptors (Lipinski definition) is 4. The maximum absolute atomic E-state index is 13.7. The Morgan fingerprint density at radius 3 is 2.50 bits per heavy atom. The summed E-state index contributed by atoms with van der Waals surface area (Å²) in [7, 11) is -3.27. The van der Waals surface area contributed by atoms with Crippen molar-refractivity contribution in [2.75, 3.05) is 11.1 Å². The summed E-state index contributed by atoms with van der Waals surface area (Å²) >= 11 is 1.20. The molecule has 3 aromatic rings. The minimum atomic E-state index is -3.27. The van der Waals surface area contributed by atoms with Crippen molar-refractivity contribution in [2.45, 2.75) is 11.8 Å². The highest BCUT2D eigenvalue weighted by Crippen LogP contribution is 2.28. The predicted molar refractivity (Wildman–Crippen MR) is 93.9 cm³/mol. The molecule has 0 atom stereocenters. The standard InChI is InChI=1S/C17H14FNO3S2/c1-2-24(21,22)12-8-6-11(7-9-12)19-17(20)16-10-13-14(18)4-3-5-15(13)23-16/h3-10H,2H2,1H3,(H,19,20). The third-order valence-corrected chi connectivity index (χ3v) is 6.43. The Morgan fingerprint density at radius 2 is 1.88 bits per heavy atom. The zero-order chi connectivity index (χ0) is 17.3. The summed E-state index contributed by atoms with van der Waals surface area (Å²) in [6, 6.07) is 12.2. The van der Waals surface area contributed by atoms with Crippen molar-refractivity contribution in [3.05, 3.63) is 59.2 Å². The Morgan fingerprint density at radius 1 is 1.17 bits per heavy atom. The maximum Gasteiger partial charge on any atom is 0.265 e. The van der Waals surface area contributed by atoms with E-state index in [-0.39, 0.29) is 22.4 Å². The lowest BCUT2D eigenvalue weighted by Gasteiger charge is -2.05. The van der Waals surface area contributed by atoms with E-state index in [1.807, 2.05) is 0 Å². The van der Waals surface area contributed by atoms with Gasteiger partial charge in [0.2, 0.25) is 0 Å². The minimum absolute atomic E-state index is 0.0199. The van der Waals surface area contributed by atoms with E-state index in [9.17, 15) is 17.6 Å². The van der Waals surface area contributed by atoms with Gasteiger partial charge < -0.3 is 5.32 Å². The first-order chi connectivity index (χ1) is 11.4. The fourth-order valence-electron chi connectivity index (χ4n) is 2.24. The molecule has 0 radical (unpaired) electrons. The molecule has 0 fully saturated rings. The van der Waals surface area contributed by atoms with Crippen molar-refractivity contribution in [3.63, 3.8) is 0 Å². The van der Waals surface area contributed by atoms with E-state index in [0.29, 0.717) is 20.7 Å². The van der Waals surface area contributed by atoms with E-state index < -0.39 is 9.84 Å². The van der Waals surface area contributed by atoms with Crippen LogP contribution in [0.2, 0.25) is 0 Å². The summed E-state index contributed by atoms with van der Waals surface area (Å²) in [6.07, 6.45) is 0. The van der Waals surface area contributed by atoms with E-state index in [4.69, 9.17) is 0 Å². The number of halogens is 1. The Labute approximate surface area is 142 Å². The van der Waals surface area contributed by atoms with Gasteiger partial charge in [-0.05, 0) is 42.5 Å². The van der Waals surface area contributed by atoms with Crippen LogP contribution in [-0.4, -0.2) is 20.1 Å². The van der Waals surface area contributed by atoms with Crippen LogP contribution in [0.3, 0.4) is 0 Å². The van der Waals surface area contributed by atoms with Crippen LogP contribution in [0.15, 0.2) is 53.4 Å². The van der Waals surface area contributed by atoms with Crippen LogP contribution >= 0.6 is 11.3 Å². The fraction of sp³-hybridized carbons (Fsp3) is 0.118. The monoisotopic (exact) mass is 363 g/mol. The second kappa shape index (κ2) is 6.33. The molecule has 0 unspecified atom stereocenters. The molecule has 7 heteroatoms. The number of thiophene rings is 1. The predicted octanol–water partition coefficient (Wildman–Crippen LogP) is 4.09. The van der Waals surface area contributed by atoms with Gasteiger partial charge in [-0.25, -0.2) is 12.8 Å². The van der Waals surface area contributed by atoms with E-state index in [1.165, 1.54) is 47.7 Å². The van der Waals surface area contributed by atoms with Gasteiger partial charge in [0.05, 0.1) is 15.5 Å². The van der Waals surface area contributed by atoms with E-state index >= 15 is 0 Å². The normalized spacial score (nSPS) is 11.6. The first-order valence-corrected chi connectivity index (χ1v) is 9.70. The average molecular weight is 363 g/mol. The first-order valence-electron chi connectivity index (χ1n) is 7.23. The van der Waals surface area contributed by atoms with Crippen molar-refractivity contribution in [3.8, 4) is 0 Å². The molecule has 3 rings (SSSR count). The Hall–Kier alpha value is -2.25. The maximum atomic E-state index is 13.7. The molecule has 1 N–H and O–H groups in total. The first kappa shape index (κ1) is 16.6. The molecule has 0 bridgehead atoms. The van der Waals surface area contributed by atoms with Gasteiger partial charge in [-0.2, -0.15) is 0 Å². The molecule has 1 heterocycles. The molecular formula is C17H14FNO3S2. The zero-order valence-corrected chi connectivity index (χ0v) is 14.4. The summed E-state index contributed by atoms with van der Waals surface area (Å²) in [6.45, 7) is 1.58. The molecule has 24 heavy (non-hydrogen) atoms. The molecule has 4 nitrogen and oxygen atoms in total. The third-order valence-electron chi connectivity index (χ3n) is 3.58. The number of amides is 1. The van der Waals surface area contributed by atoms with Crippen LogP contribution in [-0.2, 0) is 9.84 Å². The number of nitrogens with one attached hydrogen (secondary N) is 1. The lowest BCUT2D eigenvalue weighted by atomic mass is 10.2. The number of rotatable bonds is 4. The highest BCUT2D eigenvalue weighted by Gasteiger charge is 2.14. The molecule has 1 amide bonds. The highest BCUT2D eigenvalue weighted by atomic mass is 32.2. The van der Waals surface area contributed by atoms with Gasteiger partial charge >= 0.3 is 0 Å². The highest BCUT2D eigenvalue weighted by molar-refractivity contribution is 7.91. The number of anilines is 1. The largest absolute Gasteiger partial charge is 0.321 e. The van der Waals surface area contributed by atoms with Crippen molar-refractivity contribution < 1.29 is 17.6 Å². The number of carbonyl (C=O) groups excluding carboxylic acids is 1. The van der Waals surface area contributed by atoms with Crippen LogP contribution in [0, 0.1) is 5.82 Å². The molecule has 0 saturated carbocycles. The van der Waals surface area contributed by atoms with E-state index in [1.54, 1.807) is 19.1 Å². The van der Waals surface area contributed by atoms with Gasteiger partial charge in [0.15, 0.2) is 9.84 Å². The van der Waals surface area contributed by atoms with Gasteiger partial charge in [0.25, 0.3) is 5.91 Å². The quantitative estimate of drug-likeness (QED) is 0.759. The van der Waals surface area contributed by atoms with Gasteiger partial charge in [0, 0.05) is 15.8 Å². The summed E-state index contributed by atoms with van der Waals surface area (Å²) in [5, 5.41) is 3.10. The Balaban J connectivity index is 1.82. The molecule has 2 aromatic carbocycles. The van der Waals surface area contributed by atoms with Crippen LogP contribution in [0.4, 0.5) is 10.1 Å². The number of hydrogen-bond donors (Lipinski definition) is 1. The summed E-state index contributed by atoms with van der Waals surface area (Å²) in [4.78, 5) is 12.9. The topological polar surface area (TPSA) is 63.2 Å². The van der Waals surface area contributed by atoms with Gasteiger partial charge in [-0.1, -0.05) is 13.0 Å². The van der Waals surface area contributed by atoms with Gasteiger partial charge in [-0.3, -0.25) is 4.79 Å². The van der Waals surface area contributed by atoms with Crippen LogP contribution < -0.4 is 5.32 Å². The molecule has 0 aliphatic heterocycles. The molecule has 0 aliphatic rings. The SMILES string of the molecule is CCS(=O)(=O)c1ccc(NC(=O)c2cc3c(F)cccc3s2)cc1. The average Bonchev–Trinajstić information content (AvgIpc) is 3.01. The molecular weight excluding hydrogens is 349 g/mol. The van der Waals surface area contributed by atoms with Crippen LogP contribution in [0.5, 0.6) is 0 Å². The van der Waals surface area contributed by atoms with Gasteiger partial charge in [-0.15, -0.1) is 11.3 Å².